The van der Waals surface area contributed by atoms with Gasteiger partial charge in [-0.15, -0.1) is 0 Å². The SMILES string of the molecule is C=C(C)\C(C)=C(C1=CCC=C1)/C(=C/C=C\CC)CC. The van der Waals surface area contributed by atoms with E-state index < -0.39 is 0 Å². The maximum absolute atomic E-state index is 4.11. The molecule has 0 N–H and O–H groups in total. The molecule has 0 aromatic heterocycles. The minimum atomic E-state index is 1.04. The fraction of sp³-hybridized carbons (Fsp3) is 0.368. The molecule has 102 valence electrons. The van der Waals surface area contributed by atoms with Gasteiger partial charge in [0, 0.05) is 0 Å². The maximum atomic E-state index is 4.11. The van der Waals surface area contributed by atoms with Crippen molar-refractivity contribution in [2.45, 2.75) is 47.0 Å². The van der Waals surface area contributed by atoms with Gasteiger partial charge in [-0.2, -0.15) is 0 Å². The molecule has 0 heteroatoms. The maximum Gasteiger partial charge on any atom is -0.0124 e. The highest BCUT2D eigenvalue weighted by Gasteiger charge is 2.12. The lowest BCUT2D eigenvalue weighted by atomic mass is 9.89. The first-order valence-electron chi connectivity index (χ1n) is 7.21. The van der Waals surface area contributed by atoms with E-state index >= 15 is 0 Å². The van der Waals surface area contributed by atoms with Crippen LogP contribution >= 0.6 is 0 Å². The van der Waals surface area contributed by atoms with E-state index in [2.05, 4.69) is 70.7 Å². The van der Waals surface area contributed by atoms with Crippen molar-refractivity contribution in [2.24, 2.45) is 0 Å². The summed E-state index contributed by atoms with van der Waals surface area (Å²) in [5, 5.41) is 0. The molecule has 0 saturated heterocycles. The van der Waals surface area contributed by atoms with E-state index in [0.717, 1.165) is 24.8 Å². The lowest BCUT2D eigenvalue weighted by Gasteiger charge is -2.15. The van der Waals surface area contributed by atoms with Crippen molar-refractivity contribution in [3.63, 3.8) is 0 Å². The summed E-state index contributed by atoms with van der Waals surface area (Å²) < 4.78 is 0. The lowest BCUT2D eigenvalue weighted by Crippen LogP contribution is -1.97. The fourth-order valence-corrected chi connectivity index (χ4v) is 2.20. The molecule has 0 nitrogen and oxygen atoms in total. The second-order valence-electron chi connectivity index (χ2n) is 4.96. The van der Waals surface area contributed by atoms with Crippen molar-refractivity contribution < 1.29 is 0 Å². The zero-order valence-electron chi connectivity index (χ0n) is 12.8. The number of hydrogen-bond donors (Lipinski definition) is 0. The Hall–Kier alpha value is -1.56. The first-order valence-corrected chi connectivity index (χ1v) is 7.21. The molecule has 0 spiro atoms. The summed E-state index contributed by atoms with van der Waals surface area (Å²) in [6.07, 6.45) is 16.5. The van der Waals surface area contributed by atoms with E-state index in [1.807, 2.05) is 0 Å². The molecule has 0 unspecified atom stereocenters. The van der Waals surface area contributed by atoms with Gasteiger partial charge >= 0.3 is 0 Å². The molecule has 0 saturated carbocycles. The second-order valence-corrected chi connectivity index (χ2v) is 4.96. The van der Waals surface area contributed by atoms with E-state index in [1.165, 1.54) is 22.3 Å². The van der Waals surface area contributed by atoms with Crippen LogP contribution in [0.3, 0.4) is 0 Å². The molecular weight excluding hydrogens is 228 g/mol. The average Bonchev–Trinajstić information content (AvgIpc) is 2.90. The van der Waals surface area contributed by atoms with E-state index in [4.69, 9.17) is 0 Å². The minimum absolute atomic E-state index is 1.04. The van der Waals surface area contributed by atoms with Crippen LogP contribution in [0.15, 0.2) is 70.9 Å². The standard InChI is InChI=1S/C19H26/c1-6-8-9-12-17(7-2)19(16(5)15(3)4)18-13-10-11-14-18/h8-10,12-14H,3,6-7,11H2,1-2,4-5H3/b9-8-,17-12+,19-16+. The number of allylic oxidation sites excluding steroid dienone is 11. The van der Waals surface area contributed by atoms with Crippen LogP contribution in [0.5, 0.6) is 0 Å². The quantitative estimate of drug-likeness (QED) is 0.505. The van der Waals surface area contributed by atoms with Crippen LogP contribution < -0.4 is 0 Å². The summed E-state index contributed by atoms with van der Waals surface area (Å²) in [4.78, 5) is 0. The molecule has 0 aliphatic heterocycles. The van der Waals surface area contributed by atoms with Crippen LogP contribution in [0.1, 0.15) is 47.0 Å². The van der Waals surface area contributed by atoms with E-state index in [1.54, 1.807) is 0 Å². The summed E-state index contributed by atoms with van der Waals surface area (Å²) in [5.74, 6) is 0. The fourth-order valence-electron chi connectivity index (χ4n) is 2.20. The average molecular weight is 254 g/mol. The molecule has 0 aromatic carbocycles. The van der Waals surface area contributed by atoms with Gasteiger partial charge in [-0.3, -0.25) is 0 Å². The molecule has 1 aliphatic carbocycles. The van der Waals surface area contributed by atoms with Gasteiger partial charge in [0.05, 0.1) is 0 Å². The Morgan fingerprint density at radius 3 is 2.53 bits per heavy atom. The first kappa shape index (κ1) is 15.5. The third kappa shape index (κ3) is 4.24. The molecule has 0 atom stereocenters. The van der Waals surface area contributed by atoms with Crippen LogP contribution in [-0.2, 0) is 0 Å². The van der Waals surface area contributed by atoms with Gasteiger partial charge in [0.15, 0.2) is 0 Å². The van der Waals surface area contributed by atoms with E-state index in [0.29, 0.717) is 0 Å². The Morgan fingerprint density at radius 2 is 2.05 bits per heavy atom. The second kappa shape index (κ2) is 7.78. The third-order valence-electron chi connectivity index (χ3n) is 3.45. The molecule has 0 heterocycles. The predicted octanol–water partition coefficient (Wildman–Crippen LogP) is 6.07. The van der Waals surface area contributed by atoms with Crippen LogP contribution in [0, 0.1) is 0 Å². The van der Waals surface area contributed by atoms with Gasteiger partial charge in [0.1, 0.15) is 0 Å². The Balaban J connectivity index is 3.27. The summed E-state index contributed by atoms with van der Waals surface area (Å²) in [7, 11) is 0. The van der Waals surface area contributed by atoms with E-state index in [-0.39, 0.29) is 0 Å². The highest BCUT2D eigenvalue weighted by Crippen LogP contribution is 2.31. The molecule has 0 aromatic rings. The Labute approximate surface area is 118 Å². The monoisotopic (exact) mass is 254 g/mol. The minimum Gasteiger partial charge on any atom is -0.0958 e. The molecule has 19 heavy (non-hydrogen) atoms. The summed E-state index contributed by atoms with van der Waals surface area (Å²) in [5.41, 5.74) is 6.55. The zero-order valence-corrected chi connectivity index (χ0v) is 12.8. The Bertz CT molecular complexity index is 476. The van der Waals surface area contributed by atoms with Gasteiger partial charge in [-0.05, 0) is 55.4 Å². The van der Waals surface area contributed by atoms with E-state index in [9.17, 15) is 0 Å². The van der Waals surface area contributed by atoms with Crippen LogP contribution in [0.2, 0.25) is 0 Å². The highest BCUT2D eigenvalue weighted by atomic mass is 14.2. The molecule has 1 aliphatic rings. The largest absolute Gasteiger partial charge is 0.0958 e. The Kier molecular flexibility index (Phi) is 6.35. The summed E-state index contributed by atoms with van der Waals surface area (Å²) in [6, 6.07) is 0. The van der Waals surface area contributed by atoms with Gasteiger partial charge in [0.2, 0.25) is 0 Å². The van der Waals surface area contributed by atoms with Crippen molar-refractivity contribution in [3.05, 3.63) is 70.9 Å². The van der Waals surface area contributed by atoms with Crippen molar-refractivity contribution in [2.75, 3.05) is 0 Å². The summed E-state index contributed by atoms with van der Waals surface area (Å²) >= 11 is 0. The first-order chi connectivity index (χ1) is 9.11. The summed E-state index contributed by atoms with van der Waals surface area (Å²) in [6.45, 7) is 12.8. The number of rotatable bonds is 6. The topological polar surface area (TPSA) is 0 Å². The zero-order chi connectivity index (χ0) is 14.3. The van der Waals surface area contributed by atoms with Gasteiger partial charge in [-0.25, -0.2) is 0 Å². The molecule has 1 rings (SSSR count). The molecule has 0 amide bonds. The third-order valence-corrected chi connectivity index (χ3v) is 3.45. The van der Waals surface area contributed by atoms with Gasteiger partial charge in [0.25, 0.3) is 0 Å². The highest BCUT2D eigenvalue weighted by molar-refractivity contribution is 5.59. The Morgan fingerprint density at radius 1 is 1.32 bits per heavy atom. The van der Waals surface area contributed by atoms with Crippen LogP contribution in [0.25, 0.3) is 0 Å². The molecule has 0 bridgehead atoms. The predicted molar refractivity (Wildman–Crippen MR) is 87.2 cm³/mol. The molecule has 0 radical (unpaired) electrons. The van der Waals surface area contributed by atoms with Crippen LogP contribution in [0.4, 0.5) is 0 Å². The van der Waals surface area contributed by atoms with Crippen molar-refractivity contribution in [3.8, 4) is 0 Å². The molecular formula is C19H26. The van der Waals surface area contributed by atoms with Crippen LogP contribution in [-0.4, -0.2) is 0 Å². The lowest BCUT2D eigenvalue weighted by molar-refractivity contribution is 1.09. The molecule has 0 fully saturated rings. The van der Waals surface area contributed by atoms with Crippen molar-refractivity contribution in [1.82, 2.24) is 0 Å². The normalized spacial score (nSPS) is 16.8. The van der Waals surface area contributed by atoms with Crippen molar-refractivity contribution >= 4 is 0 Å². The smallest absolute Gasteiger partial charge is 0.0124 e. The van der Waals surface area contributed by atoms with Crippen molar-refractivity contribution in [1.29, 1.82) is 0 Å². The van der Waals surface area contributed by atoms with Gasteiger partial charge in [-0.1, -0.05) is 62.5 Å². The number of hydrogen-bond acceptors (Lipinski definition) is 0. The van der Waals surface area contributed by atoms with Gasteiger partial charge < -0.3 is 0 Å².